The molecule has 1 fully saturated rings. The molecule has 0 radical (unpaired) electrons. The number of hydrogen-bond donors (Lipinski definition) is 2. The van der Waals surface area contributed by atoms with Crippen LogP contribution in [0.15, 0.2) is 10.9 Å². The highest BCUT2D eigenvalue weighted by Gasteiger charge is 2.35. The van der Waals surface area contributed by atoms with E-state index >= 15 is 4.39 Å². The van der Waals surface area contributed by atoms with Gasteiger partial charge in [-0.05, 0) is 45.6 Å². The maximum atomic E-state index is 15.2. The van der Waals surface area contributed by atoms with Gasteiger partial charge >= 0.3 is 0 Å². The molecule has 2 aromatic rings. The molecule has 1 aromatic heterocycles. The Morgan fingerprint density at radius 2 is 2.03 bits per heavy atom. The summed E-state index contributed by atoms with van der Waals surface area (Å²) in [4.78, 5) is 26.3. The van der Waals surface area contributed by atoms with Crippen LogP contribution >= 0.6 is 0 Å². The quantitative estimate of drug-likeness (QED) is 0.740. The zero-order chi connectivity index (χ0) is 21.8. The number of hydrogen-bond acceptors (Lipinski definition) is 5. The smallest absolute Gasteiger partial charge is 0.219 e. The van der Waals surface area contributed by atoms with Gasteiger partial charge in [0.1, 0.15) is 11.6 Å². The normalized spacial score (nSPS) is 18.3. The maximum Gasteiger partial charge on any atom is 0.219 e. The van der Waals surface area contributed by atoms with Gasteiger partial charge in [0.05, 0.1) is 22.3 Å². The van der Waals surface area contributed by atoms with Crippen molar-refractivity contribution >= 4 is 28.2 Å². The second kappa shape index (κ2) is 7.01. The fourth-order valence-electron chi connectivity index (χ4n) is 4.84. The average molecular weight is 411 g/mol. The number of carbonyl (C=O) groups excluding carboxylic acids is 1. The van der Waals surface area contributed by atoms with Crippen LogP contribution in [0.4, 0.5) is 15.8 Å². The number of pyridine rings is 1. The lowest BCUT2D eigenvalue weighted by Gasteiger charge is -2.32. The van der Waals surface area contributed by atoms with Crippen LogP contribution in [0.3, 0.4) is 0 Å². The van der Waals surface area contributed by atoms with Crippen LogP contribution in [0.2, 0.25) is 0 Å². The predicted molar refractivity (Wildman–Crippen MR) is 114 cm³/mol. The number of nitrogens with two attached hydrogens (primary N) is 1. The van der Waals surface area contributed by atoms with E-state index in [4.69, 9.17) is 5.73 Å². The van der Waals surface area contributed by atoms with Crippen LogP contribution in [0.25, 0.3) is 10.9 Å². The van der Waals surface area contributed by atoms with E-state index < -0.39 is 11.2 Å². The number of anilines is 2. The lowest BCUT2D eigenvalue weighted by atomic mass is 10.0. The Morgan fingerprint density at radius 3 is 2.63 bits per heavy atom. The van der Waals surface area contributed by atoms with E-state index in [0.717, 1.165) is 6.42 Å². The number of likely N-dealkylation sites (tertiary alicyclic amines) is 1. The Labute approximate surface area is 174 Å². The third-order valence-corrected chi connectivity index (χ3v) is 6.52. The van der Waals surface area contributed by atoms with Crippen molar-refractivity contribution in [2.24, 2.45) is 0 Å². The van der Waals surface area contributed by atoms with Crippen LogP contribution in [0.5, 0.6) is 0 Å². The van der Waals surface area contributed by atoms with Crippen LogP contribution in [-0.2, 0) is 16.8 Å². The number of rotatable bonds is 2. The molecule has 4 rings (SSSR count). The van der Waals surface area contributed by atoms with E-state index in [1.165, 1.54) is 0 Å². The number of nitrogens with one attached hydrogen (secondary N) is 1. The molecule has 2 aliphatic heterocycles. The molecule has 0 aliphatic carbocycles. The molecule has 3 N–H and O–H groups in total. The van der Waals surface area contributed by atoms with Crippen molar-refractivity contribution in [2.75, 3.05) is 24.1 Å². The summed E-state index contributed by atoms with van der Waals surface area (Å²) in [5.74, 6) is -0.631. The molecular formula is C22H26FN5O2. The molecule has 158 valence electrons. The number of aromatic nitrogens is 1. The molecule has 0 atom stereocenters. The first-order valence-electron chi connectivity index (χ1n) is 10.3. The van der Waals surface area contributed by atoms with Gasteiger partial charge in [-0.15, -0.1) is 0 Å². The van der Waals surface area contributed by atoms with Gasteiger partial charge in [-0.25, -0.2) is 4.39 Å². The van der Waals surface area contributed by atoms with Gasteiger partial charge in [0.25, 0.3) is 0 Å². The van der Waals surface area contributed by atoms with Crippen molar-refractivity contribution in [2.45, 2.75) is 58.0 Å². The number of piperidine rings is 1. The minimum Gasteiger partial charge on any atom is -0.396 e. The Kier molecular flexibility index (Phi) is 4.72. The maximum absolute atomic E-state index is 15.2. The summed E-state index contributed by atoms with van der Waals surface area (Å²) in [6.07, 6.45) is 2.80. The van der Waals surface area contributed by atoms with Gasteiger partial charge in [-0.3, -0.25) is 9.59 Å². The minimum absolute atomic E-state index is 0.00288. The van der Waals surface area contributed by atoms with E-state index in [1.54, 1.807) is 17.9 Å². The van der Waals surface area contributed by atoms with Crippen molar-refractivity contribution in [1.82, 2.24) is 9.47 Å². The summed E-state index contributed by atoms with van der Waals surface area (Å²) in [6, 6.07) is 3.66. The fraction of sp³-hybridized carbons (Fsp3) is 0.500. The Balaban J connectivity index is 1.83. The number of halogens is 1. The van der Waals surface area contributed by atoms with Crippen LogP contribution in [0, 0.1) is 17.1 Å². The SMILES string of the molecule is CC(=O)N1CCC(Nc2cc3c(c(N)c2F)c(=O)c(C#N)c2n3C(C)(C)CC2)CC1. The van der Waals surface area contributed by atoms with Gasteiger partial charge in [-0.2, -0.15) is 5.26 Å². The largest absolute Gasteiger partial charge is 0.396 e. The third kappa shape index (κ3) is 3.00. The predicted octanol–water partition coefficient (Wildman–Crippen LogP) is 2.70. The molecule has 3 heterocycles. The monoisotopic (exact) mass is 411 g/mol. The van der Waals surface area contributed by atoms with Gasteiger partial charge in [0.15, 0.2) is 5.82 Å². The van der Waals surface area contributed by atoms with E-state index in [0.29, 0.717) is 43.6 Å². The van der Waals surface area contributed by atoms with Crippen LogP contribution in [-0.4, -0.2) is 34.5 Å². The number of amides is 1. The fourth-order valence-corrected chi connectivity index (χ4v) is 4.84. The molecule has 1 saturated heterocycles. The van der Waals surface area contributed by atoms with Crippen LogP contribution < -0.4 is 16.5 Å². The molecule has 1 aromatic carbocycles. The molecule has 1 amide bonds. The van der Waals surface area contributed by atoms with Crippen molar-refractivity contribution in [3.8, 4) is 6.07 Å². The minimum atomic E-state index is -0.672. The number of nitrogens with zero attached hydrogens (tertiary/aromatic N) is 3. The highest BCUT2D eigenvalue weighted by Crippen LogP contribution is 2.39. The second-order valence-corrected chi connectivity index (χ2v) is 8.88. The highest BCUT2D eigenvalue weighted by molar-refractivity contribution is 5.95. The van der Waals surface area contributed by atoms with Crippen molar-refractivity contribution < 1.29 is 9.18 Å². The molecule has 7 nitrogen and oxygen atoms in total. The van der Waals surface area contributed by atoms with E-state index in [9.17, 15) is 14.9 Å². The van der Waals surface area contributed by atoms with Crippen molar-refractivity contribution in [1.29, 1.82) is 5.26 Å². The van der Waals surface area contributed by atoms with E-state index in [1.807, 2.05) is 24.5 Å². The molecule has 0 unspecified atom stereocenters. The number of nitrogen functional groups attached to an aromatic ring is 1. The molecule has 8 heteroatoms. The summed E-state index contributed by atoms with van der Waals surface area (Å²) < 4.78 is 17.1. The first-order valence-corrected chi connectivity index (χ1v) is 10.3. The first kappa shape index (κ1) is 20.2. The summed E-state index contributed by atoms with van der Waals surface area (Å²) in [5.41, 5.74) is 6.60. The van der Waals surface area contributed by atoms with Gasteiger partial charge in [0, 0.05) is 37.3 Å². The number of carbonyl (C=O) groups is 1. The van der Waals surface area contributed by atoms with Gasteiger partial charge < -0.3 is 20.5 Å². The zero-order valence-electron chi connectivity index (χ0n) is 17.5. The summed E-state index contributed by atoms with van der Waals surface area (Å²) in [6.45, 7) is 6.86. The number of benzene rings is 1. The second-order valence-electron chi connectivity index (χ2n) is 8.88. The third-order valence-electron chi connectivity index (χ3n) is 6.52. The lowest BCUT2D eigenvalue weighted by molar-refractivity contribution is -0.129. The van der Waals surface area contributed by atoms with Crippen LogP contribution in [0.1, 0.15) is 51.3 Å². The van der Waals surface area contributed by atoms with E-state index in [-0.39, 0.29) is 39.8 Å². The van der Waals surface area contributed by atoms with Crippen molar-refractivity contribution in [3.63, 3.8) is 0 Å². The number of nitriles is 1. The topological polar surface area (TPSA) is 104 Å². The molecule has 0 saturated carbocycles. The summed E-state index contributed by atoms with van der Waals surface area (Å²) in [7, 11) is 0. The zero-order valence-corrected chi connectivity index (χ0v) is 17.5. The summed E-state index contributed by atoms with van der Waals surface area (Å²) in [5, 5.41) is 12.9. The standard InChI is InChI=1S/C22H26FN5O2/c1-12(29)27-8-5-13(6-9-27)26-15-10-17-18(20(25)19(15)23)21(30)14(11-24)16-4-7-22(2,3)28(16)17/h10,13,26H,4-9,25H2,1-3H3. The summed E-state index contributed by atoms with van der Waals surface area (Å²) >= 11 is 0. The van der Waals surface area contributed by atoms with Gasteiger partial charge in [0.2, 0.25) is 11.3 Å². The Morgan fingerprint density at radius 1 is 1.37 bits per heavy atom. The first-order chi connectivity index (χ1) is 14.2. The number of fused-ring (bicyclic) bond motifs is 3. The average Bonchev–Trinajstić information content (AvgIpc) is 3.01. The van der Waals surface area contributed by atoms with Crippen molar-refractivity contribution in [3.05, 3.63) is 33.4 Å². The van der Waals surface area contributed by atoms with E-state index in [2.05, 4.69) is 5.32 Å². The molecule has 2 aliphatic rings. The Bertz CT molecular complexity index is 1150. The molecule has 30 heavy (non-hydrogen) atoms. The molecular weight excluding hydrogens is 385 g/mol. The molecule has 0 bridgehead atoms. The highest BCUT2D eigenvalue weighted by atomic mass is 19.1. The lowest BCUT2D eigenvalue weighted by Crippen LogP contribution is -2.41. The molecule has 0 spiro atoms. The van der Waals surface area contributed by atoms with Gasteiger partial charge in [-0.1, -0.05) is 0 Å². The Hall–Kier alpha value is -3.08.